The molecule has 0 saturated heterocycles. The van der Waals surface area contributed by atoms with E-state index in [1.54, 1.807) is 12.1 Å². The van der Waals surface area contributed by atoms with Crippen molar-refractivity contribution in [3.63, 3.8) is 0 Å². The van der Waals surface area contributed by atoms with Gasteiger partial charge in [-0.25, -0.2) is 4.79 Å². The maximum Gasteiger partial charge on any atom is 0.337 e. The monoisotopic (exact) mass is 283 g/mol. The van der Waals surface area contributed by atoms with Gasteiger partial charge in [0.15, 0.2) is 0 Å². The summed E-state index contributed by atoms with van der Waals surface area (Å²) in [6.45, 7) is 4.30. The summed E-state index contributed by atoms with van der Waals surface area (Å²) in [5, 5.41) is 13.0. The minimum absolute atomic E-state index is 0.241. The van der Waals surface area contributed by atoms with Gasteiger partial charge >= 0.3 is 5.97 Å². The van der Waals surface area contributed by atoms with Crippen LogP contribution in [-0.4, -0.2) is 17.1 Å². The number of anilines is 1. The number of nitrogens with one attached hydrogen (secondary N) is 1. The maximum absolute atomic E-state index is 11.2. The predicted octanol–water partition coefficient (Wildman–Crippen LogP) is 4.81. The highest BCUT2D eigenvalue weighted by atomic mass is 35.5. The molecule has 1 rings (SSSR count). The Morgan fingerprint density at radius 3 is 2.63 bits per heavy atom. The van der Waals surface area contributed by atoms with Gasteiger partial charge in [-0.2, -0.15) is 0 Å². The predicted molar refractivity (Wildman–Crippen MR) is 80.3 cm³/mol. The third-order valence-electron chi connectivity index (χ3n) is 3.11. The van der Waals surface area contributed by atoms with Crippen LogP contribution >= 0.6 is 11.6 Å². The number of hydrogen-bond acceptors (Lipinski definition) is 2. The number of halogens is 1. The first-order chi connectivity index (χ1) is 9.08. The van der Waals surface area contributed by atoms with Crippen LogP contribution in [0.15, 0.2) is 18.2 Å². The molecule has 1 aromatic carbocycles. The zero-order chi connectivity index (χ0) is 14.3. The van der Waals surface area contributed by atoms with Gasteiger partial charge in [0, 0.05) is 16.8 Å². The molecular formula is C15H22ClNO2. The molecule has 0 amide bonds. The normalized spacial score (nSPS) is 12.2. The van der Waals surface area contributed by atoms with Crippen LogP contribution in [0.2, 0.25) is 5.02 Å². The molecule has 0 heterocycles. The van der Waals surface area contributed by atoms with E-state index < -0.39 is 5.97 Å². The first kappa shape index (κ1) is 15.8. The van der Waals surface area contributed by atoms with Crippen LogP contribution in [0.25, 0.3) is 0 Å². The van der Waals surface area contributed by atoms with Crippen LogP contribution < -0.4 is 5.32 Å². The Bertz CT molecular complexity index is 421. The Kier molecular flexibility index (Phi) is 6.71. The van der Waals surface area contributed by atoms with Crippen LogP contribution in [0.5, 0.6) is 0 Å². The third kappa shape index (κ3) is 5.11. The van der Waals surface area contributed by atoms with E-state index in [1.807, 2.05) is 0 Å². The minimum Gasteiger partial charge on any atom is -0.478 e. The average Bonchev–Trinajstić information content (AvgIpc) is 2.38. The highest BCUT2D eigenvalue weighted by Gasteiger charge is 2.14. The highest BCUT2D eigenvalue weighted by Crippen LogP contribution is 2.23. The van der Waals surface area contributed by atoms with Crippen molar-refractivity contribution in [2.24, 2.45) is 0 Å². The molecule has 106 valence electrons. The van der Waals surface area contributed by atoms with E-state index in [0.717, 1.165) is 32.1 Å². The summed E-state index contributed by atoms with van der Waals surface area (Å²) >= 11 is 5.85. The van der Waals surface area contributed by atoms with Gasteiger partial charge in [-0.15, -0.1) is 0 Å². The third-order valence-corrected chi connectivity index (χ3v) is 3.35. The van der Waals surface area contributed by atoms with E-state index in [4.69, 9.17) is 11.6 Å². The summed E-state index contributed by atoms with van der Waals surface area (Å²) in [5.41, 5.74) is 0.900. The molecule has 19 heavy (non-hydrogen) atoms. The molecule has 0 spiro atoms. The van der Waals surface area contributed by atoms with Gasteiger partial charge < -0.3 is 10.4 Å². The van der Waals surface area contributed by atoms with Crippen LogP contribution in [0.1, 0.15) is 56.3 Å². The van der Waals surface area contributed by atoms with Gasteiger partial charge in [-0.3, -0.25) is 0 Å². The molecule has 0 bridgehead atoms. The zero-order valence-corrected chi connectivity index (χ0v) is 12.3. The van der Waals surface area contributed by atoms with Crippen LogP contribution in [0.3, 0.4) is 0 Å². The van der Waals surface area contributed by atoms with Gasteiger partial charge in [-0.1, -0.05) is 44.7 Å². The number of unbranched alkanes of at least 4 members (excludes halogenated alkanes) is 1. The van der Waals surface area contributed by atoms with Crippen molar-refractivity contribution in [2.45, 2.75) is 52.0 Å². The maximum atomic E-state index is 11.2. The number of rotatable bonds is 8. The number of aromatic carboxylic acids is 1. The lowest BCUT2D eigenvalue weighted by atomic mass is 10.0. The Labute approximate surface area is 120 Å². The van der Waals surface area contributed by atoms with Crippen LogP contribution in [-0.2, 0) is 0 Å². The van der Waals surface area contributed by atoms with Gasteiger partial charge in [0.1, 0.15) is 0 Å². The lowest BCUT2D eigenvalue weighted by molar-refractivity contribution is 0.0698. The number of hydrogen-bond donors (Lipinski definition) is 2. The van der Waals surface area contributed by atoms with Crippen molar-refractivity contribution in [2.75, 3.05) is 5.32 Å². The van der Waals surface area contributed by atoms with E-state index in [2.05, 4.69) is 19.2 Å². The van der Waals surface area contributed by atoms with Crippen LogP contribution in [0.4, 0.5) is 5.69 Å². The molecule has 0 aliphatic rings. The molecule has 1 aromatic rings. The summed E-state index contributed by atoms with van der Waals surface area (Å²) in [6, 6.07) is 5.29. The van der Waals surface area contributed by atoms with Crippen molar-refractivity contribution in [3.8, 4) is 0 Å². The summed E-state index contributed by atoms with van der Waals surface area (Å²) in [7, 11) is 0. The largest absolute Gasteiger partial charge is 0.478 e. The second kappa shape index (κ2) is 8.05. The lowest BCUT2D eigenvalue weighted by Gasteiger charge is -2.20. The summed E-state index contributed by atoms with van der Waals surface area (Å²) in [6.07, 6.45) is 5.48. The van der Waals surface area contributed by atoms with Crippen LogP contribution in [0, 0.1) is 0 Å². The second-order valence-electron chi connectivity index (χ2n) is 4.77. The molecule has 0 saturated carbocycles. The van der Waals surface area contributed by atoms with Crippen molar-refractivity contribution >= 4 is 23.3 Å². The van der Waals surface area contributed by atoms with E-state index in [0.29, 0.717) is 16.8 Å². The Hall–Kier alpha value is -1.22. The smallest absolute Gasteiger partial charge is 0.337 e. The number of carboxylic acids is 1. The number of carboxylic acid groups (broad SMARTS) is 1. The summed E-state index contributed by atoms with van der Waals surface area (Å²) in [5.74, 6) is -0.948. The molecule has 1 atom stereocenters. The molecule has 0 aliphatic heterocycles. The van der Waals surface area contributed by atoms with Gasteiger partial charge in [0.25, 0.3) is 0 Å². The molecule has 0 aliphatic carbocycles. The van der Waals surface area contributed by atoms with E-state index in [-0.39, 0.29) is 5.56 Å². The fourth-order valence-electron chi connectivity index (χ4n) is 2.13. The number of carbonyl (C=O) groups is 1. The Morgan fingerprint density at radius 2 is 2.05 bits per heavy atom. The molecule has 3 nitrogen and oxygen atoms in total. The van der Waals surface area contributed by atoms with Gasteiger partial charge in [0.05, 0.1) is 5.56 Å². The van der Waals surface area contributed by atoms with Crippen molar-refractivity contribution in [1.82, 2.24) is 0 Å². The lowest BCUT2D eigenvalue weighted by Crippen LogP contribution is -2.20. The molecule has 0 fully saturated rings. The Morgan fingerprint density at radius 1 is 1.32 bits per heavy atom. The Balaban J connectivity index is 2.85. The van der Waals surface area contributed by atoms with Crippen molar-refractivity contribution in [3.05, 3.63) is 28.8 Å². The molecule has 1 unspecified atom stereocenters. The first-order valence-corrected chi connectivity index (χ1v) is 7.25. The standard InChI is InChI=1S/C15H22ClNO2/c1-3-5-7-12(6-4-2)17-14-9-8-11(16)10-13(14)15(18)19/h8-10,12,17H,3-7H2,1-2H3,(H,18,19). The molecular weight excluding hydrogens is 262 g/mol. The quantitative estimate of drug-likeness (QED) is 0.720. The average molecular weight is 284 g/mol. The summed E-state index contributed by atoms with van der Waals surface area (Å²) < 4.78 is 0. The van der Waals surface area contributed by atoms with E-state index >= 15 is 0 Å². The van der Waals surface area contributed by atoms with E-state index in [1.165, 1.54) is 6.07 Å². The SMILES string of the molecule is CCCCC(CCC)Nc1ccc(Cl)cc1C(=O)O. The molecule has 4 heteroatoms. The molecule has 2 N–H and O–H groups in total. The highest BCUT2D eigenvalue weighted by molar-refractivity contribution is 6.31. The first-order valence-electron chi connectivity index (χ1n) is 6.87. The van der Waals surface area contributed by atoms with E-state index in [9.17, 15) is 9.90 Å². The fraction of sp³-hybridized carbons (Fsp3) is 0.533. The van der Waals surface area contributed by atoms with Crippen molar-refractivity contribution < 1.29 is 9.90 Å². The molecule has 0 radical (unpaired) electrons. The van der Waals surface area contributed by atoms with Crippen molar-refractivity contribution in [1.29, 1.82) is 0 Å². The topological polar surface area (TPSA) is 49.3 Å². The van der Waals surface area contributed by atoms with Gasteiger partial charge in [-0.05, 0) is 31.0 Å². The molecule has 0 aromatic heterocycles. The summed E-state index contributed by atoms with van der Waals surface area (Å²) in [4.78, 5) is 11.2. The second-order valence-corrected chi connectivity index (χ2v) is 5.20. The minimum atomic E-state index is -0.948. The fourth-order valence-corrected chi connectivity index (χ4v) is 2.30. The zero-order valence-electron chi connectivity index (χ0n) is 11.6. The van der Waals surface area contributed by atoms with Gasteiger partial charge in [0.2, 0.25) is 0 Å². The number of benzene rings is 1.